The lowest BCUT2D eigenvalue weighted by atomic mass is 9.72. The van der Waals surface area contributed by atoms with Crippen LogP contribution in [0, 0.1) is 16.7 Å². The Morgan fingerprint density at radius 2 is 1.70 bits per heavy atom. The molecule has 6 bridgehead atoms. The van der Waals surface area contributed by atoms with Gasteiger partial charge in [-0.1, -0.05) is 46.3 Å². The van der Waals surface area contributed by atoms with Gasteiger partial charge < -0.3 is 34.1 Å². The van der Waals surface area contributed by atoms with E-state index in [1.54, 1.807) is 26.4 Å². The van der Waals surface area contributed by atoms with Crippen LogP contribution < -0.4 is 10.7 Å². The number of esters is 1. The Kier molecular flexibility index (Phi) is 23.3. The number of hydrogen-bond acceptors (Lipinski definition) is 12. The molecule has 5 amide bonds. The second-order valence-corrected chi connectivity index (χ2v) is 23.7. The number of aromatic nitrogens is 3. The van der Waals surface area contributed by atoms with E-state index in [1.807, 2.05) is 48.1 Å². The van der Waals surface area contributed by atoms with Crippen molar-refractivity contribution in [1.82, 2.24) is 49.9 Å². The number of carbonyl (C=O) groups is 5. The number of pyridine rings is 1. The molecular formula is C57H86N10O7S5. The molecule has 5 aliphatic heterocycles. The first-order chi connectivity index (χ1) is 36.0. The summed E-state index contributed by atoms with van der Waals surface area (Å²) < 4.78 is 14.3. The van der Waals surface area contributed by atoms with Crippen LogP contribution >= 0.6 is 65.3 Å². The molecule has 2 N–H and O–H groups in total. The summed E-state index contributed by atoms with van der Waals surface area (Å²) in [7, 11) is 3.35. The second-order valence-electron chi connectivity index (χ2n) is 22.8. The molecule has 9 rings (SSSR count). The van der Waals surface area contributed by atoms with Gasteiger partial charge in [-0.15, -0.1) is 11.3 Å². The Balaban J connectivity index is 0.00000287. The number of nitrogens with one attached hydrogen (secondary N) is 2. The van der Waals surface area contributed by atoms with Crippen molar-refractivity contribution in [3.63, 3.8) is 0 Å². The van der Waals surface area contributed by atoms with Gasteiger partial charge in [0.1, 0.15) is 18.1 Å². The zero-order valence-electron chi connectivity index (χ0n) is 47.4. The Bertz CT molecular complexity index is 2780. The Morgan fingerprint density at radius 1 is 0.975 bits per heavy atom. The van der Waals surface area contributed by atoms with Crippen LogP contribution in [0.1, 0.15) is 109 Å². The van der Waals surface area contributed by atoms with Crippen LogP contribution in [-0.4, -0.2) is 160 Å². The van der Waals surface area contributed by atoms with Gasteiger partial charge in [0.15, 0.2) is 0 Å². The average molecular weight is 1180 g/mol. The fourth-order valence-corrected chi connectivity index (χ4v) is 12.9. The van der Waals surface area contributed by atoms with E-state index in [1.165, 1.54) is 40.5 Å². The molecule has 4 fully saturated rings. The maximum absolute atomic E-state index is 14.8. The normalized spacial score (nSPS) is 21.1. The van der Waals surface area contributed by atoms with Crippen molar-refractivity contribution in [2.24, 2.45) is 16.7 Å². The van der Waals surface area contributed by atoms with E-state index >= 15 is 0 Å². The molecule has 5 aliphatic rings. The number of likely N-dealkylation sites (N-methyl/N-ethyl adjacent to an activating group) is 1. The summed E-state index contributed by atoms with van der Waals surface area (Å²) in [6.07, 6.45) is 12.2. The average Bonchev–Trinajstić information content (AvgIpc) is 4.02. The van der Waals surface area contributed by atoms with E-state index in [-0.39, 0.29) is 96.4 Å². The molecule has 0 saturated carbocycles. The first kappa shape index (κ1) is 65.5. The van der Waals surface area contributed by atoms with E-state index in [2.05, 4.69) is 65.2 Å². The number of hydrazine groups is 1. The lowest BCUT2D eigenvalue weighted by molar-refractivity contribution is -0.155. The number of fused-ring (bicyclic) bond motifs is 6. The summed E-state index contributed by atoms with van der Waals surface area (Å²) in [6.45, 7) is 18.7. The largest absolute Gasteiger partial charge is 0.464 e. The monoisotopic (exact) mass is 1180 g/mol. The standard InChI is InChI=1S/C57H78N10O7S.4H2S/c1-9-66-46-20-19-39-30-41(46)42(51(66)40-16-13-23-58-49(40)38(4)73-8)32-56(5,6)36-74-54(71)43-17-14-27-67(61-43)53(70)44(31-47-59-45(39)33-75-47)60-52(69)50(37(2)3)62(7)55(72)64-28-21-57(22-29-64)34-65(35-57)48(68)18-15-26-63-24-11-10-12-25-63;;;;/h13,15-16,18-20,23,30,33,37-38,43-44,50,61H,9-12,14,17,21-22,24-29,31-32,34-36H2,1-8H3,(H,60,69);4*1H2/b18-15+;;;;/t38-,43-,44-,50-;;;;/m0..../s1. The highest BCUT2D eigenvalue weighted by molar-refractivity contribution is 7.59. The van der Waals surface area contributed by atoms with Gasteiger partial charge in [-0.05, 0) is 108 Å². The summed E-state index contributed by atoms with van der Waals surface area (Å²) in [5.41, 5.74) is 9.34. The Morgan fingerprint density at radius 3 is 2.38 bits per heavy atom. The molecule has 8 heterocycles. The fourth-order valence-electron chi connectivity index (χ4n) is 12.0. The zero-order chi connectivity index (χ0) is 53.2. The Labute approximate surface area is 499 Å². The SMILES string of the molecule is CCn1c(-c2cccnc2[C@H](C)OC)c2c3cc(ccc31)-c1csc(n1)C[C@H](NC(=O)[C@H](C(C)C)N(C)C(=O)N1CCC3(CC1)CN(C(=O)/C=C/CN1CCCCC1)C3)C(=O)N1CCC[C@H](N1)C(=O)OCC(C)(C)C2.S.S.S.S. The van der Waals surface area contributed by atoms with Crippen molar-refractivity contribution < 1.29 is 33.4 Å². The summed E-state index contributed by atoms with van der Waals surface area (Å²) in [5, 5.41) is 8.23. The third-order valence-electron chi connectivity index (χ3n) is 16.3. The van der Waals surface area contributed by atoms with Gasteiger partial charge in [-0.3, -0.25) is 34.1 Å². The maximum atomic E-state index is 14.8. The first-order valence-corrected chi connectivity index (χ1v) is 28.2. The van der Waals surface area contributed by atoms with Gasteiger partial charge in [-0.25, -0.2) is 15.2 Å². The lowest BCUT2D eigenvalue weighted by Crippen LogP contribution is -2.64. The molecule has 0 aliphatic carbocycles. The molecule has 0 radical (unpaired) electrons. The van der Waals surface area contributed by atoms with Gasteiger partial charge in [0, 0.05) is 117 Å². The van der Waals surface area contributed by atoms with E-state index in [4.69, 9.17) is 19.4 Å². The highest BCUT2D eigenvalue weighted by atomic mass is 32.1. The number of nitrogens with zero attached hydrogens (tertiary/aromatic N) is 8. The number of thiazole rings is 1. The topological polar surface area (TPSA) is 175 Å². The predicted molar refractivity (Wildman–Crippen MR) is 332 cm³/mol. The molecule has 436 valence electrons. The van der Waals surface area contributed by atoms with Gasteiger partial charge >= 0.3 is 12.0 Å². The minimum atomic E-state index is -1.07. The van der Waals surface area contributed by atoms with E-state index in [9.17, 15) is 24.0 Å². The van der Waals surface area contributed by atoms with Crippen LogP contribution in [0.15, 0.2) is 54.1 Å². The van der Waals surface area contributed by atoms with Crippen LogP contribution in [0.3, 0.4) is 0 Å². The number of amides is 5. The Hall–Kier alpha value is -4.29. The van der Waals surface area contributed by atoms with Crippen LogP contribution in [0.5, 0.6) is 0 Å². The third kappa shape index (κ3) is 14.5. The molecule has 17 nitrogen and oxygen atoms in total. The first-order valence-electron chi connectivity index (χ1n) is 27.3. The van der Waals surface area contributed by atoms with Crippen LogP contribution in [-0.2, 0) is 48.0 Å². The molecule has 22 heteroatoms. The summed E-state index contributed by atoms with van der Waals surface area (Å²) in [4.78, 5) is 88.3. The molecular weight excluding hydrogens is 1100 g/mol. The number of piperidine rings is 2. The van der Waals surface area contributed by atoms with Gasteiger partial charge in [0.25, 0.3) is 5.91 Å². The van der Waals surface area contributed by atoms with Crippen molar-refractivity contribution >= 4 is 106 Å². The number of aryl methyl sites for hydroxylation is 1. The van der Waals surface area contributed by atoms with Crippen molar-refractivity contribution in [2.45, 2.75) is 130 Å². The number of hydrogen-bond donors (Lipinski definition) is 2. The third-order valence-corrected chi connectivity index (χ3v) is 17.2. The number of cyclic esters (lactones) is 1. The number of rotatable bonds is 11. The molecule has 1 aromatic carbocycles. The molecule has 4 saturated heterocycles. The van der Waals surface area contributed by atoms with Crippen LogP contribution in [0.2, 0.25) is 0 Å². The summed E-state index contributed by atoms with van der Waals surface area (Å²) in [6, 6.07) is 7.47. The number of carbonyl (C=O) groups excluding carboxylic acids is 5. The predicted octanol–water partition coefficient (Wildman–Crippen LogP) is 7.70. The summed E-state index contributed by atoms with van der Waals surface area (Å²) >= 11 is 1.42. The van der Waals surface area contributed by atoms with Crippen LogP contribution in [0.4, 0.5) is 4.79 Å². The number of urea groups is 1. The minimum absolute atomic E-state index is 0. The number of ether oxygens (including phenoxy) is 2. The molecule has 4 atom stereocenters. The number of benzene rings is 1. The molecule has 1 spiro atoms. The maximum Gasteiger partial charge on any atom is 0.324 e. The fraction of sp³-hybridized carbons (Fsp3) is 0.596. The number of likely N-dealkylation sites (tertiary alicyclic amines) is 3. The quantitative estimate of drug-likeness (QED) is 0.111. The smallest absolute Gasteiger partial charge is 0.324 e. The molecule has 3 aromatic heterocycles. The summed E-state index contributed by atoms with van der Waals surface area (Å²) in [5.74, 6) is -1.55. The molecule has 0 unspecified atom stereocenters. The molecule has 79 heavy (non-hydrogen) atoms. The van der Waals surface area contributed by atoms with Crippen molar-refractivity contribution in [2.75, 3.05) is 73.1 Å². The minimum Gasteiger partial charge on any atom is -0.464 e. The van der Waals surface area contributed by atoms with E-state index < -0.39 is 41.3 Å². The highest BCUT2D eigenvalue weighted by Gasteiger charge is 2.48. The van der Waals surface area contributed by atoms with Crippen molar-refractivity contribution in [3.8, 4) is 22.5 Å². The van der Waals surface area contributed by atoms with Crippen molar-refractivity contribution in [1.29, 1.82) is 0 Å². The number of methoxy groups -OCH3 is 1. The second kappa shape index (κ2) is 28.1. The van der Waals surface area contributed by atoms with Crippen molar-refractivity contribution in [3.05, 3.63) is 70.3 Å². The van der Waals surface area contributed by atoms with Gasteiger partial charge in [0.05, 0.1) is 34.8 Å². The van der Waals surface area contributed by atoms with E-state index in [0.29, 0.717) is 63.5 Å². The van der Waals surface area contributed by atoms with Gasteiger partial charge in [-0.2, -0.15) is 54.0 Å². The molecule has 4 aromatic rings. The zero-order valence-corrected chi connectivity index (χ0v) is 52.2. The lowest BCUT2D eigenvalue weighted by Gasteiger charge is -2.54. The van der Waals surface area contributed by atoms with E-state index in [0.717, 1.165) is 77.2 Å². The van der Waals surface area contributed by atoms with Gasteiger partial charge in [0.2, 0.25) is 11.8 Å². The van der Waals surface area contributed by atoms with Crippen LogP contribution in [0.25, 0.3) is 33.4 Å². The highest BCUT2D eigenvalue weighted by Crippen LogP contribution is 2.43.